The summed E-state index contributed by atoms with van der Waals surface area (Å²) in [5.41, 5.74) is 3.57. The van der Waals surface area contributed by atoms with Crippen molar-refractivity contribution in [3.8, 4) is 11.5 Å². The second-order valence-corrected chi connectivity index (χ2v) is 11.1. The highest BCUT2D eigenvalue weighted by Crippen LogP contribution is 2.34. The average Bonchev–Trinajstić information content (AvgIpc) is 3.07. The molecule has 0 radical (unpaired) electrons. The molecule has 0 spiro atoms. The van der Waals surface area contributed by atoms with Crippen molar-refractivity contribution < 1.29 is 28.6 Å². The number of carboxylic acid groups (broad SMARTS) is 1. The zero-order valence-electron chi connectivity index (χ0n) is 24.8. The fourth-order valence-corrected chi connectivity index (χ4v) is 5.41. The van der Waals surface area contributed by atoms with Crippen LogP contribution in [0.3, 0.4) is 0 Å². The molecule has 0 aromatic heterocycles. The number of amides is 3. The lowest BCUT2D eigenvalue weighted by Crippen LogP contribution is -2.35. The molecule has 0 saturated heterocycles. The Morgan fingerprint density at radius 1 is 0.844 bits per heavy atom. The quantitative estimate of drug-likeness (QED) is 0.160. The molecule has 1 aliphatic carbocycles. The molecule has 4 aromatic carbocycles. The predicted octanol–water partition coefficient (Wildman–Crippen LogP) is 7.92. The Hall–Kier alpha value is -5.18. The van der Waals surface area contributed by atoms with Gasteiger partial charge in [0.15, 0.2) is 0 Å². The number of nitrogens with one attached hydrogen (secondary N) is 2. The van der Waals surface area contributed by atoms with E-state index >= 15 is 0 Å². The molecule has 8 nitrogen and oxygen atoms in total. The number of urea groups is 1. The van der Waals surface area contributed by atoms with Crippen LogP contribution in [-0.4, -0.2) is 35.7 Å². The van der Waals surface area contributed by atoms with E-state index in [1.165, 1.54) is 37.7 Å². The number of anilines is 2. The van der Waals surface area contributed by atoms with Crippen LogP contribution in [0.1, 0.15) is 59.5 Å². The highest BCUT2D eigenvalue weighted by Gasteiger charge is 2.21. The highest BCUT2D eigenvalue weighted by molar-refractivity contribution is 6.02. The van der Waals surface area contributed by atoms with Crippen LogP contribution < -0.4 is 20.3 Å². The number of aliphatic carboxylic acids is 1. The molecule has 0 bridgehead atoms. The number of rotatable bonds is 11. The van der Waals surface area contributed by atoms with E-state index in [-0.39, 0.29) is 18.1 Å². The maximum absolute atomic E-state index is 13.8. The van der Waals surface area contributed by atoms with Gasteiger partial charge >= 0.3 is 12.0 Å². The van der Waals surface area contributed by atoms with Crippen molar-refractivity contribution in [3.63, 3.8) is 0 Å². The van der Waals surface area contributed by atoms with Crippen molar-refractivity contribution in [3.05, 3.63) is 120 Å². The van der Waals surface area contributed by atoms with Crippen LogP contribution in [0.4, 0.5) is 20.6 Å². The summed E-state index contributed by atoms with van der Waals surface area (Å²) in [5, 5.41) is 14.0. The molecule has 0 aliphatic heterocycles. The number of hydrogen-bond donors (Lipinski definition) is 3. The lowest BCUT2D eigenvalue weighted by molar-refractivity contribution is -0.142. The van der Waals surface area contributed by atoms with Gasteiger partial charge in [0, 0.05) is 23.0 Å². The van der Waals surface area contributed by atoms with Gasteiger partial charge in [0.25, 0.3) is 5.91 Å². The maximum atomic E-state index is 13.8. The minimum absolute atomic E-state index is 0.211. The van der Waals surface area contributed by atoms with Crippen LogP contribution in [0.25, 0.3) is 0 Å². The van der Waals surface area contributed by atoms with Crippen LogP contribution in [0, 0.1) is 0 Å². The molecule has 3 N–H and O–H groups in total. The molecule has 3 amide bonds. The SMILES string of the molecule is O=C(NCC(F)C(=O)O)c1ccc(CN(C(=O)Nc2cccc(Oc3ccccc3)c2)c2ccc(C3CCCCC3)cc2)cc1. The minimum Gasteiger partial charge on any atom is -0.479 e. The molecular weight excluding hydrogens is 573 g/mol. The number of halogens is 1. The average molecular weight is 610 g/mol. The smallest absolute Gasteiger partial charge is 0.340 e. The van der Waals surface area contributed by atoms with E-state index in [4.69, 9.17) is 9.84 Å². The van der Waals surface area contributed by atoms with Crippen LogP contribution in [0.5, 0.6) is 11.5 Å². The fraction of sp³-hybridized carbons (Fsp3) is 0.250. The molecule has 1 unspecified atom stereocenters. The molecule has 1 aliphatic rings. The first-order valence-electron chi connectivity index (χ1n) is 15.1. The molecule has 9 heteroatoms. The summed E-state index contributed by atoms with van der Waals surface area (Å²) in [4.78, 5) is 38.5. The van der Waals surface area contributed by atoms with E-state index in [0.717, 1.165) is 5.56 Å². The van der Waals surface area contributed by atoms with Crippen molar-refractivity contribution in [2.45, 2.75) is 50.7 Å². The summed E-state index contributed by atoms with van der Waals surface area (Å²) in [6.45, 7) is -0.416. The molecule has 0 heterocycles. The Balaban J connectivity index is 1.33. The summed E-state index contributed by atoms with van der Waals surface area (Å²) in [5.74, 6) is -0.422. The van der Waals surface area contributed by atoms with Gasteiger partial charge in [-0.2, -0.15) is 0 Å². The summed E-state index contributed by atoms with van der Waals surface area (Å²) in [6, 6.07) is 30.9. The van der Waals surface area contributed by atoms with Gasteiger partial charge in [-0.05, 0) is 78.4 Å². The first-order chi connectivity index (χ1) is 21.9. The van der Waals surface area contributed by atoms with E-state index in [1.54, 1.807) is 41.3 Å². The summed E-state index contributed by atoms with van der Waals surface area (Å²) < 4.78 is 19.3. The van der Waals surface area contributed by atoms with Crippen molar-refractivity contribution in [2.75, 3.05) is 16.8 Å². The zero-order valence-corrected chi connectivity index (χ0v) is 24.8. The molecule has 232 valence electrons. The van der Waals surface area contributed by atoms with Gasteiger partial charge in [0.1, 0.15) is 11.5 Å². The number of hydrogen-bond acceptors (Lipinski definition) is 4. The van der Waals surface area contributed by atoms with Gasteiger partial charge in [-0.1, -0.05) is 67.8 Å². The second kappa shape index (κ2) is 15.0. The monoisotopic (exact) mass is 609 g/mol. The first kappa shape index (κ1) is 31.3. The Labute approximate surface area is 261 Å². The topological polar surface area (TPSA) is 108 Å². The van der Waals surface area contributed by atoms with Crippen LogP contribution in [0.2, 0.25) is 0 Å². The third-order valence-corrected chi connectivity index (χ3v) is 7.86. The first-order valence-corrected chi connectivity index (χ1v) is 15.1. The third-order valence-electron chi connectivity index (χ3n) is 7.86. The summed E-state index contributed by atoms with van der Waals surface area (Å²) in [6.07, 6.45) is 3.90. The van der Waals surface area contributed by atoms with Crippen LogP contribution in [-0.2, 0) is 11.3 Å². The number of benzene rings is 4. The van der Waals surface area contributed by atoms with Crippen LogP contribution in [0.15, 0.2) is 103 Å². The molecule has 4 aromatic rings. The number of nitrogens with zero attached hydrogens (tertiary/aromatic N) is 1. The maximum Gasteiger partial charge on any atom is 0.340 e. The molecule has 45 heavy (non-hydrogen) atoms. The van der Waals surface area contributed by atoms with E-state index < -0.39 is 24.6 Å². The largest absolute Gasteiger partial charge is 0.479 e. The molecule has 1 fully saturated rings. The van der Waals surface area contributed by atoms with Gasteiger partial charge in [0.05, 0.1) is 13.1 Å². The van der Waals surface area contributed by atoms with Crippen molar-refractivity contribution in [1.82, 2.24) is 5.32 Å². The number of carbonyl (C=O) groups excluding carboxylic acids is 2. The lowest BCUT2D eigenvalue weighted by Gasteiger charge is -2.26. The number of alkyl halides is 1. The minimum atomic E-state index is -2.18. The van der Waals surface area contributed by atoms with Crippen molar-refractivity contribution in [2.24, 2.45) is 0 Å². The van der Waals surface area contributed by atoms with Crippen molar-refractivity contribution in [1.29, 1.82) is 0 Å². The van der Waals surface area contributed by atoms with E-state index in [9.17, 15) is 18.8 Å². The number of para-hydroxylation sites is 1. The third kappa shape index (κ3) is 8.69. The molecule has 5 rings (SSSR count). The Morgan fingerprint density at radius 3 is 2.22 bits per heavy atom. The standard InChI is InChI=1S/C36H36FN3O5/c37-33(35(42)43)23-38-34(41)28-16-14-25(15-17-28)24-40(30-20-18-27(19-21-30)26-8-3-1-4-9-26)36(44)39-29-10-7-13-32(22-29)45-31-11-5-2-6-12-31/h2,5-7,10-22,26,33H,1,3-4,8-9,23-24H2,(H,38,41)(H,39,44)(H,42,43). The van der Waals surface area contributed by atoms with Gasteiger partial charge in [-0.15, -0.1) is 0 Å². The van der Waals surface area contributed by atoms with Gasteiger partial charge in [-0.25, -0.2) is 14.0 Å². The van der Waals surface area contributed by atoms with Gasteiger partial charge in [-0.3, -0.25) is 9.69 Å². The van der Waals surface area contributed by atoms with E-state index in [2.05, 4.69) is 22.8 Å². The van der Waals surface area contributed by atoms with E-state index in [0.29, 0.717) is 28.8 Å². The number of ether oxygens (including phenoxy) is 1. The van der Waals surface area contributed by atoms with Gasteiger partial charge < -0.3 is 20.5 Å². The summed E-state index contributed by atoms with van der Waals surface area (Å²) in [7, 11) is 0. The highest BCUT2D eigenvalue weighted by atomic mass is 19.1. The molecule has 1 atom stereocenters. The number of carbonyl (C=O) groups is 3. The molecule has 1 saturated carbocycles. The predicted molar refractivity (Wildman–Crippen MR) is 172 cm³/mol. The second-order valence-electron chi connectivity index (χ2n) is 11.1. The zero-order chi connectivity index (χ0) is 31.6. The lowest BCUT2D eigenvalue weighted by atomic mass is 9.84. The Morgan fingerprint density at radius 2 is 1.53 bits per heavy atom. The molecular formula is C36H36FN3O5. The van der Waals surface area contributed by atoms with Crippen molar-refractivity contribution >= 4 is 29.3 Å². The fourth-order valence-electron chi connectivity index (χ4n) is 5.41. The van der Waals surface area contributed by atoms with E-state index in [1.807, 2.05) is 54.6 Å². The van der Waals surface area contributed by atoms with Gasteiger partial charge in [0.2, 0.25) is 6.17 Å². The van der Waals surface area contributed by atoms with Crippen LogP contribution >= 0.6 is 0 Å². The summed E-state index contributed by atoms with van der Waals surface area (Å²) >= 11 is 0. The Kier molecular flexibility index (Phi) is 10.4. The Bertz CT molecular complexity index is 1590. The number of carboxylic acids is 1. The normalized spacial score (nSPS) is 13.8.